The number of aliphatic hydroxyl groups is 2. The van der Waals surface area contributed by atoms with E-state index >= 15 is 0 Å². The highest BCUT2D eigenvalue weighted by molar-refractivity contribution is 5.40. The molecular weight excluding hydrogens is 208 g/mol. The van der Waals surface area contributed by atoms with Gasteiger partial charge in [0.1, 0.15) is 5.82 Å². The lowest BCUT2D eigenvalue weighted by molar-refractivity contribution is 0.280. The average molecular weight is 226 g/mol. The quantitative estimate of drug-likeness (QED) is 0.698. The number of hydrogen-bond acceptors (Lipinski definition) is 5. The molecule has 0 atom stereocenters. The Bertz CT molecular complexity index is 301. The molecule has 0 saturated carbocycles. The van der Waals surface area contributed by atoms with Gasteiger partial charge in [0.2, 0.25) is 5.88 Å². The number of anilines is 1. The van der Waals surface area contributed by atoms with E-state index in [9.17, 15) is 0 Å². The first-order chi connectivity index (χ1) is 7.81. The van der Waals surface area contributed by atoms with Gasteiger partial charge in [0.25, 0.3) is 0 Å². The molecule has 0 aliphatic carbocycles. The molecule has 1 rings (SSSR count). The standard InChI is InChI=1S/C11H18N2O3/c1-2-16-11-5-3-4-10(12-11)13(6-8-14)7-9-15/h3-5,14-15H,2,6-9H2,1H3. The highest BCUT2D eigenvalue weighted by Gasteiger charge is 2.07. The third-order valence-electron chi connectivity index (χ3n) is 2.06. The fourth-order valence-electron chi connectivity index (χ4n) is 1.39. The lowest BCUT2D eigenvalue weighted by atomic mass is 10.4. The van der Waals surface area contributed by atoms with Gasteiger partial charge in [-0.05, 0) is 13.0 Å². The molecule has 0 aromatic carbocycles. The number of rotatable bonds is 7. The Balaban J connectivity index is 2.77. The minimum atomic E-state index is 0.0283. The van der Waals surface area contributed by atoms with Gasteiger partial charge in [-0.25, -0.2) is 0 Å². The summed E-state index contributed by atoms with van der Waals surface area (Å²) in [7, 11) is 0. The normalized spacial score (nSPS) is 10.2. The van der Waals surface area contributed by atoms with Gasteiger partial charge >= 0.3 is 0 Å². The fourth-order valence-corrected chi connectivity index (χ4v) is 1.39. The summed E-state index contributed by atoms with van der Waals surface area (Å²) in [6.07, 6.45) is 0. The molecule has 0 amide bonds. The van der Waals surface area contributed by atoms with Crippen LogP contribution in [0.15, 0.2) is 18.2 Å². The van der Waals surface area contributed by atoms with Crippen molar-refractivity contribution in [2.75, 3.05) is 37.8 Å². The van der Waals surface area contributed by atoms with Crippen molar-refractivity contribution in [3.63, 3.8) is 0 Å². The molecule has 0 spiro atoms. The van der Waals surface area contributed by atoms with Crippen molar-refractivity contribution in [2.24, 2.45) is 0 Å². The first-order valence-electron chi connectivity index (χ1n) is 5.38. The van der Waals surface area contributed by atoms with Gasteiger partial charge in [0.05, 0.1) is 19.8 Å². The summed E-state index contributed by atoms with van der Waals surface area (Å²) in [6, 6.07) is 5.45. The van der Waals surface area contributed by atoms with Gasteiger partial charge in [-0.1, -0.05) is 6.07 Å². The van der Waals surface area contributed by atoms with Crippen molar-refractivity contribution < 1.29 is 14.9 Å². The van der Waals surface area contributed by atoms with Gasteiger partial charge in [0, 0.05) is 19.2 Å². The van der Waals surface area contributed by atoms with Crippen LogP contribution < -0.4 is 9.64 Å². The van der Waals surface area contributed by atoms with Gasteiger partial charge in [-0.3, -0.25) is 0 Å². The molecule has 0 saturated heterocycles. The zero-order valence-corrected chi connectivity index (χ0v) is 9.46. The topological polar surface area (TPSA) is 65.8 Å². The van der Waals surface area contributed by atoms with E-state index in [0.717, 1.165) is 0 Å². The second-order valence-corrected chi connectivity index (χ2v) is 3.20. The molecule has 0 radical (unpaired) electrons. The summed E-state index contributed by atoms with van der Waals surface area (Å²) < 4.78 is 5.29. The SMILES string of the molecule is CCOc1cccc(N(CCO)CCO)n1. The van der Waals surface area contributed by atoms with Crippen LogP contribution in [0.2, 0.25) is 0 Å². The van der Waals surface area contributed by atoms with E-state index in [1.54, 1.807) is 6.07 Å². The Hall–Kier alpha value is -1.33. The molecule has 0 bridgehead atoms. The Morgan fingerprint density at radius 2 is 1.94 bits per heavy atom. The Morgan fingerprint density at radius 3 is 2.50 bits per heavy atom. The zero-order chi connectivity index (χ0) is 11.8. The second-order valence-electron chi connectivity index (χ2n) is 3.20. The van der Waals surface area contributed by atoms with Crippen molar-refractivity contribution in [2.45, 2.75) is 6.92 Å². The highest BCUT2D eigenvalue weighted by atomic mass is 16.5. The Labute approximate surface area is 95.3 Å². The summed E-state index contributed by atoms with van der Waals surface area (Å²) >= 11 is 0. The maximum atomic E-state index is 8.91. The number of hydrogen-bond donors (Lipinski definition) is 2. The number of ether oxygens (including phenoxy) is 1. The third-order valence-corrected chi connectivity index (χ3v) is 2.06. The lowest BCUT2D eigenvalue weighted by Gasteiger charge is -2.21. The minimum Gasteiger partial charge on any atom is -0.478 e. The van der Waals surface area contributed by atoms with Crippen LogP contribution in [0.1, 0.15) is 6.92 Å². The second kappa shape index (κ2) is 7.03. The van der Waals surface area contributed by atoms with Gasteiger partial charge in [-0.2, -0.15) is 4.98 Å². The molecule has 1 aromatic rings. The van der Waals surface area contributed by atoms with Crippen LogP contribution in [-0.2, 0) is 0 Å². The smallest absolute Gasteiger partial charge is 0.215 e. The van der Waals surface area contributed by atoms with E-state index in [4.69, 9.17) is 14.9 Å². The molecule has 5 heteroatoms. The van der Waals surface area contributed by atoms with Crippen LogP contribution in [0.4, 0.5) is 5.82 Å². The van der Waals surface area contributed by atoms with E-state index in [-0.39, 0.29) is 13.2 Å². The Kier molecular flexibility index (Phi) is 5.60. The predicted molar refractivity (Wildman–Crippen MR) is 61.8 cm³/mol. The predicted octanol–water partition coefficient (Wildman–Crippen LogP) is 0.271. The lowest BCUT2D eigenvalue weighted by Crippen LogP contribution is -2.30. The largest absolute Gasteiger partial charge is 0.478 e. The molecule has 0 fully saturated rings. The van der Waals surface area contributed by atoms with Crippen molar-refractivity contribution in [1.82, 2.24) is 4.98 Å². The molecule has 2 N–H and O–H groups in total. The van der Waals surface area contributed by atoms with Crippen LogP contribution in [0.5, 0.6) is 5.88 Å². The van der Waals surface area contributed by atoms with E-state index in [0.29, 0.717) is 31.4 Å². The van der Waals surface area contributed by atoms with E-state index in [2.05, 4.69) is 4.98 Å². The molecular formula is C11H18N2O3. The molecule has 90 valence electrons. The van der Waals surface area contributed by atoms with Crippen LogP contribution in [0, 0.1) is 0 Å². The number of aliphatic hydroxyl groups excluding tert-OH is 2. The zero-order valence-electron chi connectivity index (χ0n) is 9.46. The van der Waals surface area contributed by atoms with E-state index < -0.39 is 0 Å². The first kappa shape index (κ1) is 12.7. The van der Waals surface area contributed by atoms with Crippen molar-refractivity contribution >= 4 is 5.82 Å². The molecule has 16 heavy (non-hydrogen) atoms. The third kappa shape index (κ3) is 3.67. The molecule has 0 unspecified atom stereocenters. The summed E-state index contributed by atoms with van der Waals surface area (Å²) in [5, 5.41) is 17.8. The molecule has 1 heterocycles. The van der Waals surface area contributed by atoms with Gasteiger partial charge in [0.15, 0.2) is 0 Å². The molecule has 1 aromatic heterocycles. The minimum absolute atomic E-state index is 0.0283. The summed E-state index contributed by atoms with van der Waals surface area (Å²) in [4.78, 5) is 6.09. The van der Waals surface area contributed by atoms with Crippen LogP contribution in [0.3, 0.4) is 0 Å². The van der Waals surface area contributed by atoms with Crippen LogP contribution >= 0.6 is 0 Å². The van der Waals surface area contributed by atoms with Crippen LogP contribution in [-0.4, -0.2) is 48.1 Å². The monoisotopic (exact) mass is 226 g/mol. The van der Waals surface area contributed by atoms with E-state index in [1.165, 1.54) is 0 Å². The van der Waals surface area contributed by atoms with Crippen molar-refractivity contribution in [1.29, 1.82) is 0 Å². The molecule has 5 nitrogen and oxygen atoms in total. The number of aromatic nitrogens is 1. The van der Waals surface area contributed by atoms with Crippen molar-refractivity contribution in [3.8, 4) is 5.88 Å². The summed E-state index contributed by atoms with van der Waals surface area (Å²) in [6.45, 7) is 3.41. The maximum Gasteiger partial charge on any atom is 0.215 e. The number of nitrogens with zero attached hydrogens (tertiary/aromatic N) is 2. The van der Waals surface area contributed by atoms with E-state index in [1.807, 2.05) is 24.0 Å². The maximum absolute atomic E-state index is 8.91. The van der Waals surface area contributed by atoms with Crippen LogP contribution in [0.25, 0.3) is 0 Å². The van der Waals surface area contributed by atoms with Crippen molar-refractivity contribution in [3.05, 3.63) is 18.2 Å². The summed E-state index contributed by atoms with van der Waals surface area (Å²) in [5.41, 5.74) is 0. The fraction of sp³-hybridized carbons (Fsp3) is 0.545. The Morgan fingerprint density at radius 1 is 1.25 bits per heavy atom. The van der Waals surface area contributed by atoms with Gasteiger partial charge in [-0.15, -0.1) is 0 Å². The summed E-state index contributed by atoms with van der Waals surface area (Å²) in [5.74, 6) is 1.26. The first-order valence-corrected chi connectivity index (χ1v) is 5.38. The van der Waals surface area contributed by atoms with Gasteiger partial charge < -0.3 is 19.8 Å². The average Bonchev–Trinajstić information content (AvgIpc) is 2.30. The molecule has 0 aliphatic rings. The highest BCUT2D eigenvalue weighted by Crippen LogP contribution is 2.15. The molecule has 0 aliphatic heterocycles. The number of pyridine rings is 1.